The summed E-state index contributed by atoms with van der Waals surface area (Å²) in [5, 5.41) is 3.01. The zero-order valence-corrected chi connectivity index (χ0v) is 22.1. The first-order valence-corrected chi connectivity index (χ1v) is 12.8. The molecular weight excluding hydrogens is 502 g/mol. The van der Waals surface area contributed by atoms with Crippen molar-refractivity contribution in [1.82, 2.24) is 14.9 Å². The highest BCUT2D eigenvalue weighted by atomic mass is 79.9. The molecule has 1 amide bonds. The normalized spacial score (nSPS) is 11.5. The summed E-state index contributed by atoms with van der Waals surface area (Å²) in [5.74, 6) is 1.82. The van der Waals surface area contributed by atoms with E-state index in [1.165, 1.54) is 5.56 Å². The molecule has 0 saturated heterocycles. The molecule has 35 heavy (non-hydrogen) atoms. The predicted octanol–water partition coefficient (Wildman–Crippen LogP) is 6.54. The van der Waals surface area contributed by atoms with Gasteiger partial charge in [-0.2, -0.15) is 0 Å². The van der Waals surface area contributed by atoms with Gasteiger partial charge in [-0.1, -0.05) is 67.0 Å². The average molecular weight is 534 g/mol. The Morgan fingerprint density at radius 3 is 2.54 bits per heavy atom. The fraction of sp³-hybridized carbons (Fsp3) is 0.310. The number of hydrogen-bond donors (Lipinski definition) is 1. The molecule has 0 atom stereocenters. The van der Waals surface area contributed by atoms with Crippen molar-refractivity contribution in [3.63, 3.8) is 0 Å². The molecule has 1 aromatic heterocycles. The molecule has 0 aliphatic heterocycles. The SMILES string of the molecule is CC(C)(C)c1ccc(OCCn2c(CCCNC(=O)c3cccc(Br)c3)nc3ccccc32)cc1. The molecule has 0 aliphatic carbocycles. The maximum atomic E-state index is 12.4. The Labute approximate surface area is 215 Å². The first kappa shape index (κ1) is 25.0. The molecular formula is C29H32BrN3O2. The summed E-state index contributed by atoms with van der Waals surface area (Å²) >= 11 is 3.41. The Bertz CT molecular complexity index is 1290. The standard InChI is InChI=1S/C29H32BrN3O2/c1-29(2,3)22-13-15-24(16-14-22)35-19-18-33-26-11-5-4-10-25(26)32-27(33)12-7-17-31-28(34)21-8-6-9-23(30)20-21/h4-6,8-11,13-16,20H,7,12,17-19H2,1-3H3,(H,31,34). The number of ether oxygens (including phenoxy) is 1. The second kappa shape index (κ2) is 11.1. The molecule has 0 spiro atoms. The van der Waals surface area contributed by atoms with Gasteiger partial charge < -0.3 is 14.6 Å². The molecule has 0 unspecified atom stereocenters. The van der Waals surface area contributed by atoms with Gasteiger partial charge in [-0.15, -0.1) is 0 Å². The number of fused-ring (bicyclic) bond motifs is 1. The molecule has 4 aromatic rings. The maximum absolute atomic E-state index is 12.4. The summed E-state index contributed by atoms with van der Waals surface area (Å²) in [7, 11) is 0. The highest BCUT2D eigenvalue weighted by molar-refractivity contribution is 9.10. The molecule has 5 nitrogen and oxygen atoms in total. The molecule has 1 heterocycles. The lowest BCUT2D eigenvalue weighted by molar-refractivity contribution is 0.0953. The third-order valence-corrected chi connectivity index (χ3v) is 6.48. The van der Waals surface area contributed by atoms with Crippen molar-refractivity contribution in [1.29, 1.82) is 0 Å². The van der Waals surface area contributed by atoms with Crippen molar-refractivity contribution < 1.29 is 9.53 Å². The van der Waals surface area contributed by atoms with E-state index in [2.05, 4.69) is 64.8 Å². The summed E-state index contributed by atoms with van der Waals surface area (Å²) in [6, 6.07) is 23.9. The van der Waals surface area contributed by atoms with Crippen LogP contribution in [0, 0.1) is 0 Å². The smallest absolute Gasteiger partial charge is 0.251 e. The Morgan fingerprint density at radius 2 is 1.80 bits per heavy atom. The summed E-state index contributed by atoms with van der Waals surface area (Å²) in [4.78, 5) is 17.3. The second-order valence-corrected chi connectivity index (χ2v) is 10.6. The minimum atomic E-state index is -0.0642. The van der Waals surface area contributed by atoms with E-state index in [1.807, 2.05) is 54.6 Å². The van der Waals surface area contributed by atoms with E-state index >= 15 is 0 Å². The lowest BCUT2D eigenvalue weighted by atomic mass is 9.87. The fourth-order valence-corrected chi connectivity index (χ4v) is 4.45. The van der Waals surface area contributed by atoms with E-state index < -0.39 is 0 Å². The molecule has 0 radical (unpaired) electrons. The highest BCUT2D eigenvalue weighted by Crippen LogP contribution is 2.24. The van der Waals surface area contributed by atoms with Gasteiger partial charge in [-0.25, -0.2) is 4.98 Å². The van der Waals surface area contributed by atoms with Crippen molar-refractivity contribution in [2.24, 2.45) is 0 Å². The van der Waals surface area contributed by atoms with Gasteiger partial charge in [-0.3, -0.25) is 4.79 Å². The summed E-state index contributed by atoms with van der Waals surface area (Å²) in [6.45, 7) is 8.48. The van der Waals surface area contributed by atoms with Crippen molar-refractivity contribution in [2.75, 3.05) is 13.2 Å². The number of para-hydroxylation sites is 2. The molecule has 4 rings (SSSR count). The van der Waals surface area contributed by atoms with Crippen LogP contribution in [0.2, 0.25) is 0 Å². The summed E-state index contributed by atoms with van der Waals surface area (Å²) < 4.78 is 9.18. The number of carbonyl (C=O) groups excluding carboxylic acids is 1. The van der Waals surface area contributed by atoms with E-state index in [-0.39, 0.29) is 11.3 Å². The van der Waals surface area contributed by atoms with Crippen LogP contribution in [0.5, 0.6) is 5.75 Å². The van der Waals surface area contributed by atoms with Crippen molar-refractivity contribution in [3.05, 3.63) is 94.2 Å². The lowest BCUT2D eigenvalue weighted by Crippen LogP contribution is -2.25. The van der Waals surface area contributed by atoms with E-state index in [1.54, 1.807) is 0 Å². The topological polar surface area (TPSA) is 56.1 Å². The minimum Gasteiger partial charge on any atom is -0.492 e. The van der Waals surface area contributed by atoms with E-state index in [0.29, 0.717) is 25.3 Å². The first-order chi connectivity index (χ1) is 16.8. The summed E-state index contributed by atoms with van der Waals surface area (Å²) in [5.41, 5.74) is 4.15. The Kier molecular flexibility index (Phi) is 7.91. The van der Waals surface area contributed by atoms with E-state index in [9.17, 15) is 4.79 Å². The highest BCUT2D eigenvalue weighted by Gasteiger charge is 2.14. The Balaban J connectivity index is 1.35. The molecule has 0 bridgehead atoms. The Hall–Kier alpha value is -3.12. The minimum absolute atomic E-state index is 0.0642. The zero-order chi connectivity index (χ0) is 24.8. The van der Waals surface area contributed by atoms with E-state index in [4.69, 9.17) is 9.72 Å². The van der Waals surface area contributed by atoms with Gasteiger partial charge in [0.1, 0.15) is 18.2 Å². The van der Waals surface area contributed by atoms with Crippen LogP contribution in [-0.2, 0) is 18.4 Å². The molecule has 3 aromatic carbocycles. The molecule has 0 fully saturated rings. The lowest BCUT2D eigenvalue weighted by Gasteiger charge is -2.19. The van der Waals surface area contributed by atoms with Crippen LogP contribution < -0.4 is 10.1 Å². The zero-order valence-electron chi connectivity index (χ0n) is 20.6. The van der Waals surface area contributed by atoms with Gasteiger partial charge in [0, 0.05) is 23.0 Å². The first-order valence-electron chi connectivity index (χ1n) is 12.0. The van der Waals surface area contributed by atoms with Crippen molar-refractivity contribution in [3.8, 4) is 5.75 Å². The van der Waals surface area contributed by atoms with Crippen LogP contribution in [0.25, 0.3) is 11.0 Å². The third-order valence-electron chi connectivity index (χ3n) is 5.99. The van der Waals surface area contributed by atoms with Crippen LogP contribution >= 0.6 is 15.9 Å². The largest absolute Gasteiger partial charge is 0.492 e. The molecule has 1 N–H and O–H groups in total. The monoisotopic (exact) mass is 533 g/mol. The summed E-state index contributed by atoms with van der Waals surface area (Å²) in [6.07, 6.45) is 1.58. The van der Waals surface area contributed by atoms with Gasteiger partial charge in [-0.05, 0) is 59.9 Å². The van der Waals surface area contributed by atoms with Crippen LogP contribution in [0.3, 0.4) is 0 Å². The maximum Gasteiger partial charge on any atom is 0.251 e. The van der Waals surface area contributed by atoms with Crippen molar-refractivity contribution >= 4 is 32.9 Å². The van der Waals surface area contributed by atoms with Gasteiger partial charge in [0.25, 0.3) is 5.91 Å². The number of amides is 1. The molecule has 182 valence electrons. The molecule has 6 heteroatoms. The fourth-order valence-electron chi connectivity index (χ4n) is 4.05. The second-order valence-electron chi connectivity index (χ2n) is 9.66. The van der Waals surface area contributed by atoms with Crippen LogP contribution in [0.4, 0.5) is 0 Å². The molecule has 0 aliphatic rings. The van der Waals surface area contributed by atoms with Gasteiger partial charge >= 0.3 is 0 Å². The number of rotatable bonds is 9. The number of aryl methyl sites for hydroxylation is 1. The number of nitrogens with one attached hydrogen (secondary N) is 1. The third kappa shape index (κ3) is 6.51. The number of nitrogens with zero attached hydrogens (tertiary/aromatic N) is 2. The van der Waals surface area contributed by atoms with Crippen LogP contribution in [0.15, 0.2) is 77.3 Å². The number of hydrogen-bond acceptors (Lipinski definition) is 3. The molecule has 0 saturated carbocycles. The predicted molar refractivity (Wildman–Crippen MR) is 145 cm³/mol. The number of benzene rings is 3. The van der Waals surface area contributed by atoms with Crippen LogP contribution in [0.1, 0.15) is 48.9 Å². The van der Waals surface area contributed by atoms with Crippen LogP contribution in [-0.4, -0.2) is 28.6 Å². The van der Waals surface area contributed by atoms with Crippen molar-refractivity contribution in [2.45, 2.75) is 45.6 Å². The number of halogens is 1. The number of imidazole rings is 1. The van der Waals surface area contributed by atoms with Gasteiger partial charge in [0.05, 0.1) is 17.6 Å². The quantitative estimate of drug-likeness (QED) is 0.248. The van der Waals surface area contributed by atoms with Gasteiger partial charge in [0.2, 0.25) is 0 Å². The average Bonchev–Trinajstić information content (AvgIpc) is 3.19. The number of aromatic nitrogens is 2. The number of carbonyl (C=O) groups is 1. The van der Waals surface area contributed by atoms with E-state index in [0.717, 1.165) is 39.9 Å². The van der Waals surface area contributed by atoms with Gasteiger partial charge in [0.15, 0.2) is 0 Å². The Morgan fingerprint density at radius 1 is 1.03 bits per heavy atom.